The average molecular weight is 482 g/mol. The number of hydrogen-bond donors (Lipinski definition) is 2. The molecule has 0 saturated heterocycles. The molecule has 9 heteroatoms. The summed E-state index contributed by atoms with van der Waals surface area (Å²) in [5.74, 6) is 1.14. The standard InChI is InChI=1S/C25H24ClN3O5/c1-14-22-18(28-29-24(30)15-6-4-7-16(26)12-15)8-5-9-21(22)34-23(14)25(31)27-19-13-17(32-2)10-11-20(19)33-3/h4,6-7,10-13H,5,8-9H2,1-3H3,(H,27,31)(H,29,30)/b28-18+. The summed E-state index contributed by atoms with van der Waals surface area (Å²) in [5, 5.41) is 7.65. The number of carbonyl (C=O) groups is 2. The van der Waals surface area contributed by atoms with Gasteiger partial charge in [-0.05, 0) is 50.1 Å². The molecule has 0 spiro atoms. The molecule has 0 bridgehead atoms. The second kappa shape index (κ2) is 10.0. The van der Waals surface area contributed by atoms with Crippen LogP contribution < -0.4 is 20.2 Å². The highest BCUT2D eigenvalue weighted by Crippen LogP contribution is 2.33. The van der Waals surface area contributed by atoms with E-state index in [9.17, 15) is 9.59 Å². The minimum absolute atomic E-state index is 0.186. The van der Waals surface area contributed by atoms with Crippen LogP contribution in [-0.2, 0) is 6.42 Å². The van der Waals surface area contributed by atoms with Crippen molar-refractivity contribution in [3.05, 3.63) is 75.7 Å². The molecule has 2 aromatic carbocycles. The van der Waals surface area contributed by atoms with Gasteiger partial charge in [0.2, 0.25) is 0 Å². The second-order valence-electron chi connectivity index (χ2n) is 7.74. The number of methoxy groups -OCH3 is 2. The van der Waals surface area contributed by atoms with Crippen molar-refractivity contribution in [3.8, 4) is 11.5 Å². The molecule has 0 unspecified atom stereocenters. The maximum absolute atomic E-state index is 13.1. The molecule has 4 rings (SSSR count). The summed E-state index contributed by atoms with van der Waals surface area (Å²) in [5.41, 5.74) is 5.53. The number of nitrogens with one attached hydrogen (secondary N) is 2. The fraction of sp³-hybridized carbons (Fsp3) is 0.240. The third-order valence-corrected chi connectivity index (χ3v) is 5.80. The van der Waals surface area contributed by atoms with E-state index in [1.165, 1.54) is 7.11 Å². The molecule has 0 atom stereocenters. The molecular formula is C25H24ClN3O5. The maximum atomic E-state index is 13.1. The molecule has 1 aromatic heterocycles. The van der Waals surface area contributed by atoms with E-state index in [2.05, 4.69) is 15.8 Å². The number of furan rings is 1. The molecule has 0 saturated carbocycles. The average Bonchev–Trinajstić information content (AvgIpc) is 3.19. The molecule has 1 aliphatic carbocycles. The van der Waals surface area contributed by atoms with Crippen LogP contribution in [0, 0.1) is 6.92 Å². The van der Waals surface area contributed by atoms with E-state index >= 15 is 0 Å². The molecule has 2 N–H and O–H groups in total. The van der Waals surface area contributed by atoms with Gasteiger partial charge in [-0.1, -0.05) is 17.7 Å². The van der Waals surface area contributed by atoms with E-state index in [0.29, 0.717) is 57.6 Å². The van der Waals surface area contributed by atoms with Crippen molar-refractivity contribution in [3.63, 3.8) is 0 Å². The summed E-state index contributed by atoms with van der Waals surface area (Å²) in [4.78, 5) is 25.6. The SMILES string of the molecule is COc1ccc(OC)c(NC(=O)c2oc3c(c2C)/C(=N/NC(=O)c2cccc(Cl)c2)CCC3)c1. The Bertz CT molecular complexity index is 1280. The van der Waals surface area contributed by atoms with Gasteiger partial charge in [-0.15, -0.1) is 0 Å². The summed E-state index contributed by atoms with van der Waals surface area (Å²) < 4.78 is 16.5. The predicted molar refractivity (Wildman–Crippen MR) is 129 cm³/mol. The molecule has 176 valence electrons. The number of rotatable bonds is 6. The van der Waals surface area contributed by atoms with Gasteiger partial charge in [0.25, 0.3) is 11.8 Å². The van der Waals surface area contributed by atoms with Crippen LogP contribution in [0.1, 0.15) is 50.6 Å². The van der Waals surface area contributed by atoms with Crippen molar-refractivity contribution in [2.24, 2.45) is 5.10 Å². The van der Waals surface area contributed by atoms with Crippen LogP contribution in [0.2, 0.25) is 5.02 Å². The van der Waals surface area contributed by atoms with E-state index < -0.39 is 5.91 Å². The summed E-state index contributed by atoms with van der Waals surface area (Å²) in [7, 11) is 3.07. The van der Waals surface area contributed by atoms with Gasteiger partial charge < -0.3 is 19.2 Å². The lowest BCUT2D eigenvalue weighted by molar-refractivity contribution is 0.0953. The van der Waals surface area contributed by atoms with E-state index in [1.54, 1.807) is 56.5 Å². The first-order valence-electron chi connectivity index (χ1n) is 10.7. The van der Waals surface area contributed by atoms with Gasteiger partial charge in [0, 0.05) is 34.2 Å². The number of hydrogen-bond acceptors (Lipinski definition) is 6. The molecule has 0 fully saturated rings. The van der Waals surface area contributed by atoms with Crippen LogP contribution in [0.3, 0.4) is 0 Å². The number of anilines is 1. The lowest BCUT2D eigenvalue weighted by Gasteiger charge is -2.13. The zero-order chi connectivity index (χ0) is 24.2. The zero-order valence-electron chi connectivity index (χ0n) is 19.0. The summed E-state index contributed by atoms with van der Waals surface area (Å²) in [6, 6.07) is 11.8. The van der Waals surface area contributed by atoms with Gasteiger partial charge in [-0.25, -0.2) is 5.43 Å². The van der Waals surface area contributed by atoms with Crippen molar-refractivity contribution in [1.82, 2.24) is 5.43 Å². The largest absolute Gasteiger partial charge is 0.497 e. The molecule has 8 nitrogen and oxygen atoms in total. The lowest BCUT2D eigenvalue weighted by Crippen LogP contribution is -2.22. The van der Waals surface area contributed by atoms with Gasteiger partial charge in [0.1, 0.15) is 17.3 Å². The van der Waals surface area contributed by atoms with Gasteiger partial charge in [0.15, 0.2) is 5.76 Å². The van der Waals surface area contributed by atoms with Crippen molar-refractivity contribution < 1.29 is 23.5 Å². The molecule has 0 aliphatic heterocycles. The first-order valence-corrected chi connectivity index (χ1v) is 11.1. The quantitative estimate of drug-likeness (QED) is 0.483. The lowest BCUT2D eigenvalue weighted by atomic mass is 9.93. The van der Waals surface area contributed by atoms with Crippen LogP contribution in [0.5, 0.6) is 11.5 Å². The highest BCUT2D eigenvalue weighted by molar-refractivity contribution is 6.31. The van der Waals surface area contributed by atoms with Crippen LogP contribution in [0.25, 0.3) is 0 Å². The van der Waals surface area contributed by atoms with E-state index in [0.717, 1.165) is 12.0 Å². The minimum Gasteiger partial charge on any atom is -0.497 e. The molecule has 1 aliphatic rings. The van der Waals surface area contributed by atoms with Crippen molar-refractivity contribution in [1.29, 1.82) is 0 Å². The predicted octanol–water partition coefficient (Wildman–Crippen LogP) is 4.98. The third kappa shape index (κ3) is 4.77. The first kappa shape index (κ1) is 23.4. The Morgan fingerprint density at radius 2 is 1.88 bits per heavy atom. The highest BCUT2D eigenvalue weighted by atomic mass is 35.5. The zero-order valence-corrected chi connectivity index (χ0v) is 19.8. The smallest absolute Gasteiger partial charge is 0.291 e. The molecule has 3 aromatic rings. The number of ether oxygens (including phenoxy) is 2. The Morgan fingerprint density at radius 3 is 2.62 bits per heavy atom. The fourth-order valence-electron chi connectivity index (χ4n) is 3.90. The van der Waals surface area contributed by atoms with Crippen molar-refractivity contribution in [2.75, 3.05) is 19.5 Å². The third-order valence-electron chi connectivity index (χ3n) is 5.57. The van der Waals surface area contributed by atoms with Crippen molar-refractivity contribution in [2.45, 2.75) is 26.2 Å². The number of benzene rings is 2. The van der Waals surface area contributed by atoms with Crippen LogP contribution >= 0.6 is 11.6 Å². The van der Waals surface area contributed by atoms with Gasteiger partial charge in [-0.3, -0.25) is 9.59 Å². The number of halogens is 1. The molecular weight excluding hydrogens is 458 g/mol. The summed E-state index contributed by atoms with van der Waals surface area (Å²) >= 11 is 5.97. The number of carbonyl (C=O) groups excluding carboxylic acids is 2. The molecule has 0 radical (unpaired) electrons. The molecule has 34 heavy (non-hydrogen) atoms. The number of nitrogens with zero attached hydrogens (tertiary/aromatic N) is 1. The summed E-state index contributed by atoms with van der Waals surface area (Å²) in [6.07, 6.45) is 2.11. The fourth-order valence-corrected chi connectivity index (χ4v) is 4.09. The number of aryl methyl sites for hydroxylation is 1. The van der Waals surface area contributed by atoms with Crippen LogP contribution in [0.4, 0.5) is 5.69 Å². The normalized spacial score (nSPS) is 13.8. The molecule has 2 amide bonds. The Kier molecular flexibility index (Phi) is 6.88. The highest BCUT2D eigenvalue weighted by Gasteiger charge is 2.28. The first-order chi connectivity index (χ1) is 16.4. The van der Waals surface area contributed by atoms with Gasteiger partial charge in [0.05, 0.1) is 25.6 Å². The number of fused-ring (bicyclic) bond motifs is 1. The number of amides is 2. The van der Waals surface area contributed by atoms with E-state index in [4.69, 9.17) is 25.5 Å². The minimum atomic E-state index is -0.416. The van der Waals surface area contributed by atoms with Crippen LogP contribution in [0.15, 0.2) is 52.0 Å². The van der Waals surface area contributed by atoms with E-state index in [-0.39, 0.29) is 11.7 Å². The van der Waals surface area contributed by atoms with Gasteiger partial charge in [-0.2, -0.15) is 5.10 Å². The van der Waals surface area contributed by atoms with E-state index in [1.807, 2.05) is 0 Å². The van der Waals surface area contributed by atoms with Crippen LogP contribution in [-0.4, -0.2) is 31.7 Å². The van der Waals surface area contributed by atoms with Crippen molar-refractivity contribution >= 4 is 34.8 Å². The Balaban J connectivity index is 1.59. The Morgan fingerprint density at radius 1 is 1.06 bits per heavy atom. The number of hydrazone groups is 1. The Labute approximate surface area is 201 Å². The molecule has 1 heterocycles. The van der Waals surface area contributed by atoms with Gasteiger partial charge >= 0.3 is 0 Å². The topological polar surface area (TPSA) is 102 Å². The monoisotopic (exact) mass is 481 g/mol. The second-order valence-corrected chi connectivity index (χ2v) is 8.17. The summed E-state index contributed by atoms with van der Waals surface area (Å²) in [6.45, 7) is 1.81. The Hall–Kier alpha value is -3.78. The maximum Gasteiger partial charge on any atom is 0.291 e.